The second kappa shape index (κ2) is 5.85. The van der Waals surface area contributed by atoms with Gasteiger partial charge in [0.2, 0.25) is 0 Å². The Morgan fingerprint density at radius 1 is 1.32 bits per heavy atom. The molecule has 0 radical (unpaired) electrons. The maximum atomic E-state index is 12.5. The van der Waals surface area contributed by atoms with Gasteiger partial charge in [-0.2, -0.15) is 28.2 Å². The molecule has 114 valence electrons. The van der Waals surface area contributed by atoms with Gasteiger partial charge in [-0.3, -0.25) is 0 Å². The summed E-state index contributed by atoms with van der Waals surface area (Å²) in [5.41, 5.74) is -0.665. The number of rotatable bonds is 3. The maximum absolute atomic E-state index is 12.5. The molecule has 0 aliphatic carbocycles. The van der Waals surface area contributed by atoms with E-state index in [2.05, 4.69) is 15.1 Å². The average molecular weight is 308 g/mol. The highest BCUT2D eigenvalue weighted by Crippen LogP contribution is 2.29. The highest BCUT2D eigenvalue weighted by Gasteiger charge is 2.30. The molecule has 22 heavy (non-hydrogen) atoms. The molecule has 0 amide bonds. The number of aromatic nitrogens is 3. The van der Waals surface area contributed by atoms with Gasteiger partial charge in [-0.25, -0.2) is 9.98 Å². The lowest BCUT2D eigenvalue weighted by Crippen LogP contribution is -2.09. The van der Waals surface area contributed by atoms with Crippen LogP contribution < -0.4 is 0 Å². The molecule has 0 aliphatic heterocycles. The Morgan fingerprint density at radius 3 is 2.55 bits per heavy atom. The molecule has 2 aromatic rings. The molecule has 9 heteroatoms. The quantitative estimate of drug-likeness (QED) is 0.645. The van der Waals surface area contributed by atoms with E-state index in [1.807, 2.05) is 6.07 Å². The van der Waals surface area contributed by atoms with Crippen molar-refractivity contribution in [2.24, 2.45) is 4.99 Å². The van der Waals surface area contributed by atoms with Crippen molar-refractivity contribution in [3.63, 3.8) is 0 Å². The molecule has 2 heterocycles. The largest absolute Gasteiger partial charge is 0.417 e. The highest BCUT2D eigenvalue weighted by molar-refractivity contribution is 5.63. The van der Waals surface area contributed by atoms with Crippen LogP contribution in [-0.2, 0) is 6.18 Å². The van der Waals surface area contributed by atoms with Crippen molar-refractivity contribution in [1.82, 2.24) is 19.7 Å². The normalized spacial score (nSPS) is 11.6. The molecule has 0 aliphatic rings. The van der Waals surface area contributed by atoms with Crippen LogP contribution in [0, 0.1) is 11.3 Å². The standard InChI is InChI=1S/C13H11F3N6/c1-21(2)8-19-12-9(5-17)6-20-22(12)11-4-3-10(7-18-11)13(14,15)16/h3-4,6-8H,1-2H3/b19-8+. The minimum atomic E-state index is -4.46. The van der Waals surface area contributed by atoms with Crippen molar-refractivity contribution in [3.8, 4) is 11.9 Å². The van der Waals surface area contributed by atoms with Gasteiger partial charge >= 0.3 is 6.18 Å². The predicted octanol–water partition coefficient (Wildman–Crippen LogP) is 2.38. The molecule has 0 saturated carbocycles. The van der Waals surface area contributed by atoms with Gasteiger partial charge in [0, 0.05) is 20.3 Å². The van der Waals surface area contributed by atoms with E-state index in [4.69, 9.17) is 5.26 Å². The summed E-state index contributed by atoms with van der Waals surface area (Å²) in [5.74, 6) is 0.337. The number of aliphatic imine (C=N–C) groups is 1. The Hall–Kier alpha value is -2.89. The van der Waals surface area contributed by atoms with Gasteiger partial charge in [0.15, 0.2) is 11.6 Å². The molecule has 0 spiro atoms. The maximum Gasteiger partial charge on any atom is 0.417 e. The molecule has 0 fully saturated rings. The molecule has 0 saturated heterocycles. The number of alkyl halides is 3. The number of hydrogen-bond acceptors (Lipinski definition) is 4. The van der Waals surface area contributed by atoms with Crippen LogP contribution in [0.15, 0.2) is 29.5 Å². The fraction of sp³-hybridized carbons (Fsp3) is 0.231. The summed E-state index contributed by atoms with van der Waals surface area (Å²) in [7, 11) is 3.49. The summed E-state index contributed by atoms with van der Waals surface area (Å²) in [6.45, 7) is 0. The Morgan fingerprint density at radius 2 is 2.05 bits per heavy atom. The van der Waals surface area contributed by atoms with E-state index in [1.165, 1.54) is 23.3 Å². The van der Waals surface area contributed by atoms with Gasteiger partial charge in [-0.05, 0) is 12.1 Å². The van der Waals surface area contributed by atoms with Crippen LogP contribution in [0.2, 0.25) is 0 Å². The fourth-order valence-corrected chi connectivity index (χ4v) is 1.56. The number of nitriles is 1. The van der Waals surface area contributed by atoms with Gasteiger partial charge in [-0.15, -0.1) is 0 Å². The van der Waals surface area contributed by atoms with E-state index in [1.54, 1.807) is 19.0 Å². The zero-order valence-corrected chi connectivity index (χ0v) is 11.7. The highest BCUT2D eigenvalue weighted by atomic mass is 19.4. The third kappa shape index (κ3) is 3.22. The first-order valence-electron chi connectivity index (χ1n) is 6.05. The van der Waals surface area contributed by atoms with Crippen LogP contribution in [0.25, 0.3) is 5.82 Å². The first-order valence-corrected chi connectivity index (χ1v) is 6.05. The number of pyridine rings is 1. The zero-order chi connectivity index (χ0) is 16.3. The number of hydrogen-bond donors (Lipinski definition) is 0. The first-order chi connectivity index (χ1) is 10.3. The monoisotopic (exact) mass is 308 g/mol. The lowest BCUT2D eigenvalue weighted by molar-refractivity contribution is -0.137. The van der Waals surface area contributed by atoms with Gasteiger partial charge in [0.05, 0.1) is 18.1 Å². The van der Waals surface area contributed by atoms with Crippen molar-refractivity contribution < 1.29 is 13.2 Å². The molecule has 0 unspecified atom stereocenters. The summed E-state index contributed by atoms with van der Waals surface area (Å²) < 4.78 is 38.8. The van der Waals surface area contributed by atoms with Gasteiger partial charge in [-0.1, -0.05) is 0 Å². The van der Waals surface area contributed by atoms with Crippen molar-refractivity contribution in [2.45, 2.75) is 6.18 Å². The van der Waals surface area contributed by atoms with E-state index < -0.39 is 11.7 Å². The SMILES string of the molecule is CN(C)/C=N/c1c(C#N)cnn1-c1ccc(C(F)(F)F)cn1. The minimum absolute atomic E-state index is 0.139. The molecule has 6 nitrogen and oxygen atoms in total. The average Bonchev–Trinajstić information content (AvgIpc) is 2.87. The van der Waals surface area contributed by atoms with E-state index in [9.17, 15) is 13.2 Å². The van der Waals surface area contributed by atoms with Gasteiger partial charge in [0.1, 0.15) is 11.6 Å². The summed E-state index contributed by atoms with van der Waals surface area (Å²) in [6.07, 6.45) is -1.01. The van der Waals surface area contributed by atoms with Crippen molar-refractivity contribution in [3.05, 3.63) is 35.7 Å². The lowest BCUT2D eigenvalue weighted by Gasteiger charge is -2.08. The summed E-state index contributed by atoms with van der Waals surface area (Å²) in [6, 6.07) is 3.99. The molecule has 0 aromatic carbocycles. The minimum Gasteiger partial charge on any atom is -0.369 e. The van der Waals surface area contributed by atoms with Crippen LogP contribution in [0.1, 0.15) is 11.1 Å². The van der Waals surface area contributed by atoms with Crippen LogP contribution in [0.5, 0.6) is 0 Å². The predicted molar refractivity (Wildman–Crippen MR) is 72.9 cm³/mol. The van der Waals surface area contributed by atoms with E-state index in [0.717, 1.165) is 6.07 Å². The molecule has 0 bridgehead atoms. The topological polar surface area (TPSA) is 70.1 Å². The summed E-state index contributed by atoms with van der Waals surface area (Å²) in [4.78, 5) is 9.49. The van der Waals surface area contributed by atoms with Crippen LogP contribution in [0.3, 0.4) is 0 Å². The molecule has 2 aromatic heterocycles. The Balaban J connectivity index is 2.45. The fourth-order valence-electron chi connectivity index (χ4n) is 1.56. The first kappa shape index (κ1) is 15.5. The van der Waals surface area contributed by atoms with E-state index in [0.29, 0.717) is 6.20 Å². The van der Waals surface area contributed by atoms with Crippen molar-refractivity contribution >= 4 is 12.2 Å². The third-order valence-corrected chi connectivity index (χ3v) is 2.57. The smallest absolute Gasteiger partial charge is 0.369 e. The summed E-state index contributed by atoms with van der Waals surface area (Å²) >= 11 is 0. The molecular weight excluding hydrogens is 297 g/mol. The molecule has 2 rings (SSSR count). The van der Waals surface area contributed by atoms with Gasteiger partial charge in [0.25, 0.3) is 0 Å². The summed E-state index contributed by atoms with van der Waals surface area (Å²) in [5, 5.41) is 13.0. The lowest BCUT2D eigenvalue weighted by atomic mass is 10.3. The van der Waals surface area contributed by atoms with E-state index >= 15 is 0 Å². The Bertz CT molecular complexity index is 722. The Labute approximate surface area is 124 Å². The van der Waals surface area contributed by atoms with Crippen molar-refractivity contribution in [1.29, 1.82) is 5.26 Å². The second-order valence-electron chi connectivity index (χ2n) is 4.52. The van der Waals surface area contributed by atoms with Crippen LogP contribution >= 0.6 is 0 Å². The molecule has 0 N–H and O–H groups in total. The van der Waals surface area contributed by atoms with Crippen LogP contribution in [-0.4, -0.2) is 40.1 Å². The zero-order valence-electron chi connectivity index (χ0n) is 11.7. The van der Waals surface area contributed by atoms with Gasteiger partial charge < -0.3 is 4.90 Å². The van der Waals surface area contributed by atoms with Crippen molar-refractivity contribution in [2.75, 3.05) is 14.1 Å². The number of halogens is 3. The second-order valence-corrected chi connectivity index (χ2v) is 4.52. The molecular formula is C13H11F3N6. The number of nitrogens with zero attached hydrogens (tertiary/aromatic N) is 6. The Kier molecular flexibility index (Phi) is 4.12. The molecule has 0 atom stereocenters. The third-order valence-electron chi connectivity index (χ3n) is 2.57. The van der Waals surface area contributed by atoms with E-state index in [-0.39, 0.29) is 17.2 Å². The van der Waals surface area contributed by atoms with Crippen LogP contribution in [0.4, 0.5) is 19.0 Å².